The normalized spacial score (nSPS) is 13.5. The van der Waals surface area contributed by atoms with Gasteiger partial charge in [-0.3, -0.25) is 9.89 Å². The molecule has 1 aliphatic heterocycles. The molecule has 0 spiro atoms. The van der Waals surface area contributed by atoms with Gasteiger partial charge in [-0.1, -0.05) is 42.8 Å². The maximum Gasteiger partial charge on any atom is 0.196 e. The highest BCUT2D eigenvalue weighted by Crippen LogP contribution is 2.31. The van der Waals surface area contributed by atoms with Crippen LogP contribution < -0.4 is 10.2 Å². The van der Waals surface area contributed by atoms with E-state index >= 15 is 0 Å². The van der Waals surface area contributed by atoms with Crippen molar-refractivity contribution in [3.05, 3.63) is 82.5 Å². The fraction of sp³-hybridized carbons (Fsp3) is 0.231. The van der Waals surface area contributed by atoms with Gasteiger partial charge < -0.3 is 10.2 Å². The first-order chi connectivity index (χ1) is 16.9. The number of aryl methyl sites for hydroxylation is 1. The number of H-pyrrole nitrogens is 1. The third kappa shape index (κ3) is 5.66. The van der Waals surface area contributed by atoms with E-state index in [9.17, 15) is 4.79 Å². The predicted octanol–water partition coefficient (Wildman–Crippen LogP) is 5.94. The molecular weight excluding hydrogens is 480 g/mol. The molecule has 1 aliphatic rings. The first kappa shape index (κ1) is 23.4. The molecule has 178 valence electrons. The lowest BCUT2D eigenvalue weighted by atomic mass is 10.0. The summed E-state index contributed by atoms with van der Waals surface area (Å²) in [6.07, 6.45) is 0.297. The van der Waals surface area contributed by atoms with Crippen LogP contribution in [0, 0.1) is 12.8 Å². The van der Waals surface area contributed by atoms with Gasteiger partial charge in [0.2, 0.25) is 0 Å². The minimum Gasteiger partial charge on any atom is -0.356 e. The Bertz CT molecular complexity index is 1350. The lowest BCUT2D eigenvalue weighted by Crippen LogP contribution is -2.45. The zero-order valence-electron chi connectivity index (χ0n) is 19.5. The van der Waals surface area contributed by atoms with Crippen molar-refractivity contribution in [2.75, 3.05) is 23.3 Å². The maximum atomic E-state index is 12.6. The van der Waals surface area contributed by atoms with Crippen molar-refractivity contribution in [2.24, 2.45) is 5.92 Å². The highest BCUT2D eigenvalue weighted by Gasteiger charge is 2.25. The Morgan fingerprint density at radius 2 is 1.89 bits per heavy atom. The van der Waals surface area contributed by atoms with E-state index in [2.05, 4.69) is 27.3 Å². The number of halogens is 1. The van der Waals surface area contributed by atoms with Crippen molar-refractivity contribution < 1.29 is 4.79 Å². The number of aromatic nitrogens is 4. The molecule has 4 aromatic rings. The van der Waals surface area contributed by atoms with Gasteiger partial charge in [0.25, 0.3) is 0 Å². The first-order valence-corrected chi connectivity index (χ1v) is 12.6. The van der Waals surface area contributed by atoms with E-state index < -0.39 is 0 Å². The standard InChI is InChI=1S/C26H25ClN6OS/c1-16-14-33(15-16)25-13-23(28-24-11-17(2)31-32-24)29-26(30-25)35-19-9-7-18(8-10-19)12-22(34)20-5-3-4-6-21(20)27/h3-11,13,16H,12,14-15H2,1-2H3,(H2,28,29,30,31,32). The van der Waals surface area contributed by atoms with Crippen LogP contribution in [0.15, 0.2) is 70.7 Å². The van der Waals surface area contributed by atoms with Gasteiger partial charge in [-0.2, -0.15) is 5.10 Å². The van der Waals surface area contributed by atoms with Gasteiger partial charge in [-0.15, -0.1) is 0 Å². The molecule has 0 radical (unpaired) electrons. The number of hydrogen-bond acceptors (Lipinski definition) is 7. The number of hydrogen-bond donors (Lipinski definition) is 2. The summed E-state index contributed by atoms with van der Waals surface area (Å²) >= 11 is 7.66. The van der Waals surface area contributed by atoms with Crippen LogP contribution in [0.2, 0.25) is 5.02 Å². The van der Waals surface area contributed by atoms with Gasteiger partial charge in [0.15, 0.2) is 16.8 Å². The summed E-state index contributed by atoms with van der Waals surface area (Å²) in [4.78, 5) is 25.4. The molecule has 0 aliphatic carbocycles. The van der Waals surface area contributed by atoms with Crippen LogP contribution in [0.3, 0.4) is 0 Å². The number of carbonyl (C=O) groups excluding carboxylic acids is 1. The van der Waals surface area contributed by atoms with Crippen molar-refractivity contribution in [1.29, 1.82) is 0 Å². The van der Waals surface area contributed by atoms with Gasteiger partial charge in [0, 0.05) is 47.8 Å². The molecule has 7 nitrogen and oxygen atoms in total. The van der Waals surface area contributed by atoms with Crippen LogP contribution in [-0.2, 0) is 6.42 Å². The Kier molecular flexibility index (Phi) is 6.74. The Labute approximate surface area is 213 Å². The van der Waals surface area contributed by atoms with Crippen LogP contribution in [0.25, 0.3) is 0 Å². The van der Waals surface area contributed by atoms with E-state index in [0.717, 1.165) is 35.1 Å². The lowest BCUT2D eigenvalue weighted by Gasteiger charge is -2.38. The van der Waals surface area contributed by atoms with Crippen molar-refractivity contribution >= 4 is 46.6 Å². The molecule has 0 saturated carbocycles. The average molecular weight is 505 g/mol. The van der Waals surface area contributed by atoms with Crippen molar-refractivity contribution in [3.63, 3.8) is 0 Å². The van der Waals surface area contributed by atoms with Crippen LogP contribution in [0.4, 0.5) is 17.5 Å². The molecule has 0 atom stereocenters. The SMILES string of the molecule is Cc1cc(Nc2cc(N3CC(C)C3)nc(Sc3ccc(CC(=O)c4ccccc4Cl)cc3)n2)n[nH]1. The molecule has 0 amide bonds. The molecule has 1 saturated heterocycles. The van der Waals surface area contributed by atoms with Crippen LogP contribution >= 0.6 is 23.4 Å². The van der Waals surface area contributed by atoms with Gasteiger partial charge in [-0.25, -0.2) is 9.97 Å². The van der Waals surface area contributed by atoms with Gasteiger partial charge in [-0.05, 0) is 54.4 Å². The molecule has 2 N–H and O–H groups in total. The molecule has 0 unspecified atom stereocenters. The van der Waals surface area contributed by atoms with E-state index in [0.29, 0.717) is 39.7 Å². The van der Waals surface area contributed by atoms with Crippen molar-refractivity contribution in [3.8, 4) is 0 Å². The summed E-state index contributed by atoms with van der Waals surface area (Å²) < 4.78 is 0. The number of aromatic amines is 1. The highest BCUT2D eigenvalue weighted by molar-refractivity contribution is 7.99. The molecule has 2 aromatic heterocycles. The Hall–Kier alpha value is -3.36. The Morgan fingerprint density at radius 3 is 2.57 bits per heavy atom. The summed E-state index contributed by atoms with van der Waals surface area (Å²) in [6.45, 7) is 6.15. The number of nitrogens with one attached hydrogen (secondary N) is 2. The molecule has 0 bridgehead atoms. The smallest absolute Gasteiger partial charge is 0.196 e. The summed E-state index contributed by atoms with van der Waals surface area (Å²) in [7, 11) is 0. The number of nitrogens with zero attached hydrogens (tertiary/aromatic N) is 4. The molecule has 3 heterocycles. The predicted molar refractivity (Wildman–Crippen MR) is 140 cm³/mol. The van der Waals surface area contributed by atoms with Gasteiger partial charge >= 0.3 is 0 Å². The van der Waals surface area contributed by atoms with E-state index in [4.69, 9.17) is 21.6 Å². The molecule has 9 heteroatoms. The molecule has 35 heavy (non-hydrogen) atoms. The van der Waals surface area contributed by atoms with E-state index in [1.807, 2.05) is 55.5 Å². The molecule has 5 rings (SSSR count). The maximum absolute atomic E-state index is 12.6. The zero-order chi connectivity index (χ0) is 24.4. The second-order valence-corrected chi connectivity index (χ2v) is 10.2. The second-order valence-electron chi connectivity index (χ2n) is 8.79. The first-order valence-electron chi connectivity index (χ1n) is 11.4. The molecule has 2 aromatic carbocycles. The van der Waals surface area contributed by atoms with Crippen molar-refractivity contribution in [2.45, 2.75) is 30.3 Å². The minimum atomic E-state index is 0.000123. The molecule has 1 fully saturated rings. The third-order valence-corrected chi connectivity index (χ3v) is 6.92. The zero-order valence-corrected chi connectivity index (χ0v) is 21.0. The van der Waals surface area contributed by atoms with Gasteiger partial charge in [0.1, 0.15) is 11.6 Å². The fourth-order valence-corrected chi connectivity index (χ4v) is 4.94. The Morgan fingerprint density at radius 1 is 1.11 bits per heavy atom. The number of carbonyl (C=O) groups is 1. The summed E-state index contributed by atoms with van der Waals surface area (Å²) in [5, 5.41) is 11.6. The number of anilines is 3. The summed E-state index contributed by atoms with van der Waals surface area (Å²) in [5.41, 5.74) is 2.45. The van der Waals surface area contributed by atoms with Crippen LogP contribution in [0.1, 0.15) is 28.5 Å². The minimum absolute atomic E-state index is 0.000123. The average Bonchev–Trinajstić information content (AvgIpc) is 3.22. The third-order valence-electron chi connectivity index (χ3n) is 5.71. The highest BCUT2D eigenvalue weighted by atomic mass is 35.5. The number of ketones is 1. The summed E-state index contributed by atoms with van der Waals surface area (Å²) in [5.74, 6) is 2.98. The largest absolute Gasteiger partial charge is 0.356 e. The van der Waals surface area contributed by atoms with E-state index in [1.54, 1.807) is 12.1 Å². The van der Waals surface area contributed by atoms with Gasteiger partial charge in [0.05, 0.1) is 5.02 Å². The second kappa shape index (κ2) is 10.1. The number of Topliss-reactive ketones (excluding diaryl/α,β-unsaturated/α-hetero) is 1. The van der Waals surface area contributed by atoms with Crippen LogP contribution in [-0.4, -0.2) is 39.0 Å². The summed E-state index contributed by atoms with van der Waals surface area (Å²) in [6, 6.07) is 18.9. The van der Waals surface area contributed by atoms with Crippen molar-refractivity contribution in [1.82, 2.24) is 20.2 Å². The number of rotatable bonds is 8. The lowest BCUT2D eigenvalue weighted by molar-refractivity contribution is 0.0993. The van der Waals surface area contributed by atoms with Crippen LogP contribution in [0.5, 0.6) is 0 Å². The Balaban J connectivity index is 1.32. The monoisotopic (exact) mass is 504 g/mol. The molecular formula is C26H25ClN6OS. The number of benzene rings is 2. The fourth-order valence-electron chi connectivity index (χ4n) is 3.93. The topological polar surface area (TPSA) is 86.8 Å². The quantitative estimate of drug-likeness (QED) is 0.227. The van der Waals surface area contributed by atoms with E-state index in [-0.39, 0.29) is 5.78 Å². The van der Waals surface area contributed by atoms with E-state index in [1.165, 1.54) is 11.8 Å².